The van der Waals surface area contributed by atoms with E-state index < -0.39 is 20.0 Å². The highest BCUT2D eigenvalue weighted by Gasteiger charge is 2.19. The maximum atomic E-state index is 10.5. The van der Waals surface area contributed by atoms with Crippen LogP contribution in [0.25, 0.3) is 0 Å². The zero-order valence-corrected chi connectivity index (χ0v) is 15.2. The molecular weight excluding hydrogens is 317 g/mol. The lowest BCUT2D eigenvalue weighted by Gasteiger charge is -2.15. The lowest BCUT2D eigenvalue weighted by Crippen LogP contribution is -2.37. The Kier molecular flexibility index (Phi) is 14.0. The summed E-state index contributed by atoms with van der Waals surface area (Å²) in [5, 5.41) is 9.71. The van der Waals surface area contributed by atoms with Crippen LogP contribution in [0.2, 0.25) is 0 Å². The van der Waals surface area contributed by atoms with Gasteiger partial charge in [-0.1, -0.05) is 70.4 Å². The van der Waals surface area contributed by atoms with Crippen molar-refractivity contribution in [1.29, 1.82) is 0 Å². The van der Waals surface area contributed by atoms with Gasteiger partial charge in [-0.15, -0.1) is 0 Å². The fourth-order valence-electron chi connectivity index (χ4n) is 2.23. The monoisotopic (exact) mass is 351 g/mol. The van der Waals surface area contributed by atoms with Gasteiger partial charge in [-0.2, -0.15) is 0 Å². The van der Waals surface area contributed by atoms with Gasteiger partial charge in [0.2, 0.25) is 0 Å². The minimum atomic E-state index is -4.53. The van der Waals surface area contributed by atoms with Gasteiger partial charge in [0.1, 0.15) is 0 Å². The van der Waals surface area contributed by atoms with Gasteiger partial charge in [-0.3, -0.25) is 4.52 Å². The molecule has 2 atom stereocenters. The van der Waals surface area contributed by atoms with E-state index in [-0.39, 0.29) is 6.61 Å². The molecule has 5 N–H and O–H groups in total. The summed E-state index contributed by atoms with van der Waals surface area (Å²) in [4.78, 5) is 17.1. The summed E-state index contributed by atoms with van der Waals surface area (Å²) in [6.45, 7) is 1.84. The first-order valence-corrected chi connectivity index (χ1v) is 10.2. The molecule has 0 aromatic heterocycles. The number of phosphoric ester groups is 1. The SMILES string of the molecule is CCCCCCCCCCCC=CC(O)C(N)COP(=O)(O)O. The molecule has 7 heteroatoms. The summed E-state index contributed by atoms with van der Waals surface area (Å²) >= 11 is 0. The Hall–Kier alpha value is -0.230. The van der Waals surface area contributed by atoms with Crippen LogP contribution in [0.5, 0.6) is 0 Å². The van der Waals surface area contributed by atoms with Gasteiger partial charge < -0.3 is 20.6 Å². The van der Waals surface area contributed by atoms with Crippen LogP contribution in [0.4, 0.5) is 0 Å². The zero-order valence-electron chi connectivity index (χ0n) is 14.3. The Morgan fingerprint density at radius 1 is 1.04 bits per heavy atom. The number of aliphatic hydroxyl groups excluding tert-OH is 1. The third kappa shape index (κ3) is 16.4. The highest BCUT2D eigenvalue weighted by molar-refractivity contribution is 7.46. The van der Waals surface area contributed by atoms with Crippen molar-refractivity contribution in [2.75, 3.05) is 6.61 Å². The number of unbranched alkanes of at least 4 members (excludes halogenated alkanes) is 9. The van der Waals surface area contributed by atoms with Gasteiger partial charge in [-0.05, 0) is 12.8 Å². The fourth-order valence-corrected chi connectivity index (χ4v) is 2.60. The Bertz CT molecular complexity index is 345. The molecule has 0 aromatic carbocycles. The fraction of sp³-hybridized carbons (Fsp3) is 0.875. The molecular formula is C16H34NO5P. The molecule has 2 unspecified atom stereocenters. The predicted molar refractivity (Wildman–Crippen MR) is 93.0 cm³/mol. The van der Waals surface area contributed by atoms with E-state index in [9.17, 15) is 9.67 Å². The molecule has 0 saturated carbocycles. The molecule has 0 spiro atoms. The Morgan fingerprint density at radius 3 is 2.09 bits per heavy atom. The summed E-state index contributed by atoms with van der Waals surface area (Å²) < 4.78 is 14.8. The van der Waals surface area contributed by atoms with Crippen molar-refractivity contribution in [3.8, 4) is 0 Å². The Labute approximate surface area is 140 Å². The van der Waals surface area contributed by atoms with Crippen molar-refractivity contribution in [2.24, 2.45) is 5.73 Å². The summed E-state index contributed by atoms with van der Waals surface area (Å²) in [5.41, 5.74) is 5.59. The summed E-state index contributed by atoms with van der Waals surface area (Å²) in [6, 6.07) is -0.845. The van der Waals surface area contributed by atoms with E-state index in [2.05, 4.69) is 11.4 Å². The van der Waals surface area contributed by atoms with Crippen molar-refractivity contribution >= 4 is 7.82 Å². The Morgan fingerprint density at radius 2 is 1.57 bits per heavy atom. The highest BCUT2D eigenvalue weighted by atomic mass is 31.2. The normalized spacial score (nSPS) is 15.2. The minimum absolute atomic E-state index is 0.381. The molecule has 0 bridgehead atoms. The molecule has 6 nitrogen and oxygen atoms in total. The van der Waals surface area contributed by atoms with E-state index in [1.807, 2.05) is 6.08 Å². The lowest BCUT2D eigenvalue weighted by molar-refractivity contribution is 0.129. The van der Waals surface area contributed by atoms with Gasteiger partial charge >= 0.3 is 7.82 Å². The Balaban J connectivity index is 3.52. The summed E-state index contributed by atoms with van der Waals surface area (Å²) in [5.74, 6) is 0. The topological polar surface area (TPSA) is 113 Å². The standard InChI is InChI=1S/C16H34NO5P/c1-2-3-4-5-6-7-8-9-10-11-12-13-16(18)15(17)14-22-23(19,20)21/h12-13,15-16,18H,2-11,14,17H2,1H3,(H2,19,20,21). The second kappa shape index (κ2) is 14.1. The third-order valence-corrected chi connectivity index (χ3v) is 4.17. The second-order valence-corrected chi connectivity index (χ2v) is 7.23. The van der Waals surface area contributed by atoms with E-state index in [0.717, 1.165) is 12.8 Å². The number of nitrogens with two attached hydrogens (primary N) is 1. The third-order valence-electron chi connectivity index (χ3n) is 3.68. The van der Waals surface area contributed by atoms with Crippen LogP contribution in [0, 0.1) is 0 Å². The molecule has 0 aromatic rings. The molecule has 138 valence electrons. The van der Waals surface area contributed by atoms with Gasteiger partial charge in [0.15, 0.2) is 0 Å². The molecule has 0 amide bonds. The quantitative estimate of drug-likeness (QED) is 0.205. The summed E-state index contributed by atoms with van der Waals surface area (Å²) in [7, 11) is -4.53. The van der Waals surface area contributed by atoms with Gasteiger partial charge in [0.05, 0.1) is 18.8 Å². The average Bonchev–Trinajstić information content (AvgIpc) is 2.49. The summed E-state index contributed by atoms with van der Waals surface area (Å²) in [6.07, 6.45) is 14.8. The van der Waals surface area contributed by atoms with Gasteiger partial charge in [0.25, 0.3) is 0 Å². The maximum Gasteiger partial charge on any atom is 0.469 e. The number of hydrogen-bond donors (Lipinski definition) is 4. The van der Waals surface area contributed by atoms with Crippen molar-refractivity contribution in [3.05, 3.63) is 12.2 Å². The van der Waals surface area contributed by atoms with Crippen LogP contribution in [0.1, 0.15) is 71.1 Å². The molecule has 0 aliphatic carbocycles. The van der Waals surface area contributed by atoms with E-state index in [4.69, 9.17) is 15.5 Å². The molecule has 0 saturated heterocycles. The van der Waals surface area contributed by atoms with E-state index in [1.54, 1.807) is 6.08 Å². The predicted octanol–water partition coefficient (Wildman–Crippen LogP) is 3.26. The van der Waals surface area contributed by atoms with Crippen LogP contribution in [-0.4, -0.2) is 33.6 Å². The lowest BCUT2D eigenvalue weighted by atomic mass is 10.1. The van der Waals surface area contributed by atoms with Crippen LogP contribution >= 0.6 is 7.82 Å². The van der Waals surface area contributed by atoms with E-state index >= 15 is 0 Å². The van der Waals surface area contributed by atoms with E-state index in [1.165, 1.54) is 51.4 Å². The van der Waals surface area contributed by atoms with Crippen molar-refractivity contribution < 1.29 is 24.0 Å². The number of rotatable bonds is 15. The first kappa shape index (κ1) is 22.8. The second-order valence-electron chi connectivity index (χ2n) is 5.99. The van der Waals surface area contributed by atoms with E-state index in [0.29, 0.717) is 0 Å². The molecule has 23 heavy (non-hydrogen) atoms. The van der Waals surface area contributed by atoms with Crippen molar-refractivity contribution in [2.45, 2.75) is 83.3 Å². The molecule has 0 aliphatic rings. The molecule has 0 radical (unpaired) electrons. The van der Waals surface area contributed by atoms with Crippen LogP contribution in [-0.2, 0) is 9.09 Å². The van der Waals surface area contributed by atoms with Crippen LogP contribution in [0.3, 0.4) is 0 Å². The number of hydrogen-bond acceptors (Lipinski definition) is 4. The van der Waals surface area contributed by atoms with Crippen LogP contribution in [0.15, 0.2) is 12.2 Å². The van der Waals surface area contributed by atoms with Crippen LogP contribution < -0.4 is 5.73 Å². The zero-order chi connectivity index (χ0) is 17.6. The van der Waals surface area contributed by atoms with Crippen molar-refractivity contribution in [3.63, 3.8) is 0 Å². The molecule has 0 fully saturated rings. The average molecular weight is 351 g/mol. The maximum absolute atomic E-state index is 10.5. The first-order valence-electron chi connectivity index (χ1n) is 8.67. The smallest absolute Gasteiger partial charge is 0.387 e. The minimum Gasteiger partial charge on any atom is -0.387 e. The number of phosphoric acid groups is 1. The highest BCUT2D eigenvalue weighted by Crippen LogP contribution is 2.35. The van der Waals surface area contributed by atoms with Gasteiger partial charge in [0, 0.05) is 0 Å². The van der Waals surface area contributed by atoms with Gasteiger partial charge in [-0.25, -0.2) is 4.57 Å². The molecule has 0 rings (SSSR count). The molecule has 0 aliphatic heterocycles. The number of allylic oxidation sites excluding steroid dienone is 1. The van der Waals surface area contributed by atoms with Crippen molar-refractivity contribution in [1.82, 2.24) is 0 Å². The first-order chi connectivity index (χ1) is 10.9. The largest absolute Gasteiger partial charge is 0.469 e. The molecule has 0 heterocycles. The number of aliphatic hydroxyl groups is 1.